The van der Waals surface area contributed by atoms with Crippen LogP contribution in [0.4, 0.5) is 26.3 Å². The molecule has 1 spiro atoms. The number of nitrogens with zero attached hydrogens (tertiary/aromatic N) is 3. The Hall–Kier alpha value is -2.89. The molecule has 3 aliphatic rings. The number of halogens is 6. The minimum Gasteiger partial charge on any atom is -0.475 e. The summed E-state index contributed by atoms with van der Waals surface area (Å²) in [4.78, 5) is 23.0. The number of likely N-dealkylation sites (tertiary alicyclic amines) is 1. The van der Waals surface area contributed by atoms with E-state index in [1.54, 1.807) is 0 Å². The smallest absolute Gasteiger partial charge is 0.475 e. The molecule has 1 aromatic carbocycles. The summed E-state index contributed by atoms with van der Waals surface area (Å²) in [6.07, 6.45) is -2.35. The maximum absolute atomic E-state index is 10.6. The number of benzene rings is 1. The van der Waals surface area contributed by atoms with E-state index in [1.165, 1.54) is 57.2 Å². The van der Waals surface area contributed by atoms with E-state index < -0.39 is 24.3 Å². The number of morpholine rings is 1. The first-order valence-corrected chi connectivity index (χ1v) is 12.4. The van der Waals surface area contributed by atoms with Crippen LogP contribution < -0.4 is 0 Å². The first kappa shape index (κ1) is 32.3. The molecule has 4 rings (SSSR count). The molecule has 218 valence electrons. The predicted molar refractivity (Wildman–Crippen MR) is 126 cm³/mol. The van der Waals surface area contributed by atoms with Gasteiger partial charge in [0.05, 0.1) is 23.8 Å². The van der Waals surface area contributed by atoms with Crippen molar-refractivity contribution in [1.82, 2.24) is 9.80 Å². The van der Waals surface area contributed by atoms with Crippen molar-refractivity contribution in [3.05, 3.63) is 35.4 Å². The van der Waals surface area contributed by atoms with Crippen molar-refractivity contribution in [2.75, 3.05) is 32.8 Å². The molecular weight excluding hydrogens is 536 g/mol. The van der Waals surface area contributed by atoms with Crippen LogP contribution in [0.15, 0.2) is 24.3 Å². The Morgan fingerprint density at radius 2 is 1.59 bits per heavy atom. The van der Waals surface area contributed by atoms with Crippen LogP contribution in [0.2, 0.25) is 0 Å². The maximum Gasteiger partial charge on any atom is 0.490 e. The summed E-state index contributed by atoms with van der Waals surface area (Å²) < 4.78 is 70.0. The lowest BCUT2D eigenvalue weighted by Crippen LogP contribution is -2.63. The van der Waals surface area contributed by atoms with Gasteiger partial charge in [-0.2, -0.15) is 31.6 Å². The number of carbonyl (C=O) groups is 2. The molecule has 2 atom stereocenters. The van der Waals surface area contributed by atoms with Gasteiger partial charge in [0.1, 0.15) is 0 Å². The normalized spacial score (nSPS) is 24.1. The highest BCUT2D eigenvalue weighted by molar-refractivity contribution is 5.73. The van der Waals surface area contributed by atoms with E-state index >= 15 is 0 Å². The molecule has 2 unspecified atom stereocenters. The molecule has 2 aliphatic heterocycles. The van der Waals surface area contributed by atoms with Crippen molar-refractivity contribution < 1.29 is 50.9 Å². The van der Waals surface area contributed by atoms with E-state index in [0.29, 0.717) is 6.04 Å². The lowest BCUT2D eigenvalue weighted by atomic mass is 9.78. The van der Waals surface area contributed by atoms with Crippen LogP contribution in [0.25, 0.3) is 0 Å². The molecular formula is C25H31F6N3O5. The lowest BCUT2D eigenvalue weighted by Gasteiger charge is -2.52. The zero-order chi connectivity index (χ0) is 29.3. The first-order chi connectivity index (χ1) is 18.2. The van der Waals surface area contributed by atoms with Crippen molar-refractivity contribution in [2.45, 2.75) is 69.1 Å². The number of rotatable bonds is 3. The van der Waals surface area contributed by atoms with Gasteiger partial charge >= 0.3 is 24.3 Å². The minimum atomic E-state index is -5.08. The van der Waals surface area contributed by atoms with Gasteiger partial charge < -0.3 is 14.9 Å². The van der Waals surface area contributed by atoms with Crippen molar-refractivity contribution >= 4 is 11.9 Å². The van der Waals surface area contributed by atoms with Gasteiger partial charge in [-0.15, -0.1) is 0 Å². The second kappa shape index (κ2) is 14.0. The number of carboxylic acids is 2. The lowest BCUT2D eigenvalue weighted by molar-refractivity contribution is -0.193. The number of alkyl halides is 6. The molecule has 1 aromatic rings. The molecule has 2 N–H and O–H groups in total. The number of hydrogen-bond donors (Lipinski definition) is 2. The second-order valence-electron chi connectivity index (χ2n) is 9.55. The van der Waals surface area contributed by atoms with E-state index in [1.807, 2.05) is 18.2 Å². The predicted octanol–water partition coefficient (Wildman–Crippen LogP) is 4.43. The summed E-state index contributed by atoms with van der Waals surface area (Å²) in [6.45, 7) is 6.28. The molecule has 0 radical (unpaired) electrons. The van der Waals surface area contributed by atoms with Crippen molar-refractivity contribution in [1.29, 1.82) is 5.26 Å². The average molecular weight is 568 g/mol. The van der Waals surface area contributed by atoms with Crippen LogP contribution in [0, 0.1) is 11.3 Å². The van der Waals surface area contributed by atoms with E-state index in [4.69, 9.17) is 29.8 Å². The summed E-state index contributed by atoms with van der Waals surface area (Å²) in [5, 5.41) is 23.4. The van der Waals surface area contributed by atoms with E-state index in [2.05, 4.69) is 21.9 Å². The van der Waals surface area contributed by atoms with Crippen molar-refractivity contribution in [3.8, 4) is 6.07 Å². The molecule has 1 saturated carbocycles. The fourth-order valence-electron chi connectivity index (χ4n) is 5.13. The largest absolute Gasteiger partial charge is 0.490 e. The molecule has 8 nitrogen and oxygen atoms in total. The molecule has 14 heteroatoms. The van der Waals surface area contributed by atoms with Gasteiger partial charge in [0.2, 0.25) is 0 Å². The van der Waals surface area contributed by atoms with Crippen LogP contribution in [-0.4, -0.2) is 88.7 Å². The third-order valence-corrected chi connectivity index (χ3v) is 6.75. The van der Waals surface area contributed by atoms with Crippen LogP contribution in [0.1, 0.15) is 49.7 Å². The highest BCUT2D eigenvalue weighted by Crippen LogP contribution is 2.39. The number of aliphatic carboxylic acids is 2. The third kappa shape index (κ3) is 9.98. The fraction of sp³-hybridized carbons (Fsp3) is 0.640. The van der Waals surface area contributed by atoms with Crippen molar-refractivity contribution in [2.24, 2.45) is 0 Å². The first-order valence-electron chi connectivity index (χ1n) is 12.4. The number of ether oxygens (including phenoxy) is 1. The molecule has 2 saturated heterocycles. The summed E-state index contributed by atoms with van der Waals surface area (Å²) in [5.74, 6) is -5.51. The van der Waals surface area contributed by atoms with Gasteiger partial charge in [-0.3, -0.25) is 9.80 Å². The topological polar surface area (TPSA) is 114 Å². The van der Waals surface area contributed by atoms with Crippen LogP contribution in [-0.2, 0) is 20.9 Å². The Balaban J connectivity index is 0.000000317. The standard InChI is InChI=1S/C21H29N3O.2C2HF3O2/c22-15-18-6-5-7-19(14-18)16-23-12-13-25-21(17-23)9-2-1-8-20(21)24-10-3-4-11-24;2*3-2(4,5)1(6)7/h5-7,14,20H,1-4,8-13,16-17H2;2*(H,6,7). The minimum absolute atomic E-state index is 0.0215. The molecule has 3 fully saturated rings. The second-order valence-corrected chi connectivity index (χ2v) is 9.55. The Labute approximate surface area is 221 Å². The molecule has 0 bridgehead atoms. The van der Waals surface area contributed by atoms with Gasteiger partial charge in [0.15, 0.2) is 0 Å². The molecule has 0 amide bonds. The Morgan fingerprint density at radius 3 is 2.13 bits per heavy atom. The van der Waals surface area contributed by atoms with Crippen LogP contribution >= 0.6 is 0 Å². The quantitative estimate of drug-likeness (QED) is 0.516. The highest BCUT2D eigenvalue weighted by atomic mass is 19.4. The molecule has 2 heterocycles. The average Bonchev–Trinajstić information content (AvgIpc) is 3.39. The van der Waals surface area contributed by atoms with Gasteiger partial charge in [-0.05, 0) is 56.5 Å². The Kier molecular flexibility index (Phi) is 11.6. The number of carboxylic acid groups (broad SMARTS) is 2. The van der Waals surface area contributed by atoms with E-state index in [0.717, 1.165) is 31.8 Å². The van der Waals surface area contributed by atoms with Gasteiger partial charge in [-0.25, -0.2) is 9.59 Å². The maximum atomic E-state index is 10.6. The molecule has 1 aliphatic carbocycles. The Morgan fingerprint density at radius 1 is 1.00 bits per heavy atom. The fourth-order valence-corrected chi connectivity index (χ4v) is 5.13. The summed E-state index contributed by atoms with van der Waals surface area (Å²) in [5.41, 5.74) is 2.02. The zero-order valence-electron chi connectivity index (χ0n) is 21.1. The summed E-state index contributed by atoms with van der Waals surface area (Å²) in [6, 6.07) is 10.9. The van der Waals surface area contributed by atoms with Crippen molar-refractivity contribution in [3.63, 3.8) is 0 Å². The van der Waals surface area contributed by atoms with Gasteiger partial charge in [0.25, 0.3) is 0 Å². The molecule has 39 heavy (non-hydrogen) atoms. The van der Waals surface area contributed by atoms with Gasteiger partial charge in [-0.1, -0.05) is 25.0 Å². The highest BCUT2D eigenvalue weighted by Gasteiger charge is 2.47. The van der Waals surface area contributed by atoms with E-state index in [-0.39, 0.29) is 5.60 Å². The zero-order valence-corrected chi connectivity index (χ0v) is 21.1. The molecule has 0 aromatic heterocycles. The van der Waals surface area contributed by atoms with Crippen LogP contribution in [0.3, 0.4) is 0 Å². The van der Waals surface area contributed by atoms with Gasteiger partial charge in [0, 0.05) is 25.7 Å². The Bertz CT molecular complexity index is 979. The SMILES string of the molecule is N#Cc1cccc(CN2CCOC3(CCCCC3N3CCCC3)C2)c1.O=C(O)C(F)(F)F.O=C(O)C(F)(F)F. The van der Waals surface area contributed by atoms with E-state index in [9.17, 15) is 26.3 Å². The summed E-state index contributed by atoms with van der Waals surface area (Å²) >= 11 is 0. The number of nitriles is 1. The van der Waals surface area contributed by atoms with Crippen LogP contribution in [0.5, 0.6) is 0 Å². The number of hydrogen-bond acceptors (Lipinski definition) is 6. The summed E-state index contributed by atoms with van der Waals surface area (Å²) in [7, 11) is 0. The monoisotopic (exact) mass is 567 g/mol. The third-order valence-electron chi connectivity index (χ3n) is 6.75.